The van der Waals surface area contributed by atoms with E-state index in [1.54, 1.807) is 0 Å². The molecule has 0 unspecified atom stereocenters. The second-order valence-electron chi connectivity index (χ2n) is 9.17. The lowest BCUT2D eigenvalue weighted by Gasteiger charge is -2.36. The summed E-state index contributed by atoms with van der Waals surface area (Å²) in [5.41, 5.74) is 2.34. The van der Waals surface area contributed by atoms with Crippen LogP contribution in [0.25, 0.3) is 0 Å². The quantitative estimate of drug-likeness (QED) is 0.552. The van der Waals surface area contributed by atoms with Crippen molar-refractivity contribution < 1.29 is 0 Å². The molecule has 0 spiro atoms. The Kier molecular flexibility index (Phi) is 6.99. The van der Waals surface area contributed by atoms with Crippen LogP contribution in [-0.2, 0) is 0 Å². The number of hydrogen-bond donors (Lipinski definition) is 4. The summed E-state index contributed by atoms with van der Waals surface area (Å²) in [4.78, 5) is 5.06. The molecule has 5 nitrogen and oxygen atoms in total. The van der Waals surface area contributed by atoms with Gasteiger partial charge < -0.3 is 21.3 Å². The van der Waals surface area contributed by atoms with Crippen LogP contribution in [0.15, 0.2) is 18.2 Å². The molecule has 1 aromatic rings. The van der Waals surface area contributed by atoms with Gasteiger partial charge in [0.05, 0.1) is 11.4 Å². The van der Waals surface area contributed by atoms with Gasteiger partial charge in [-0.1, -0.05) is 31.7 Å². The monoisotopic (exact) mass is 385 g/mol. The van der Waals surface area contributed by atoms with Gasteiger partial charge in [0.1, 0.15) is 0 Å². The first-order valence-electron chi connectivity index (χ1n) is 11.7. The Bertz CT molecular complexity index is 572. The molecular formula is C23H39N5. The fourth-order valence-electron chi connectivity index (χ4n) is 5.43. The van der Waals surface area contributed by atoms with Crippen molar-refractivity contribution in [3.05, 3.63) is 29.6 Å². The van der Waals surface area contributed by atoms with Gasteiger partial charge in [0.2, 0.25) is 0 Å². The van der Waals surface area contributed by atoms with E-state index in [4.69, 9.17) is 4.98 Å². The van der Waals surface area contributed by atoms with Crippen LogP contribution in [0.4, 0.5) is 0 Å². The van der Waals surface area contributed by atoms with Crippen molar-refractivity contribution in [2.75, 3.05) is 13.1 Å². The van der Waals surface area contributed by atoms with E-state index in [1.807, 2.05) is 0 Å². The number of nitrogens with one attached hydrogen (secondary N) is 4. The van der Waals surface area contributed by atoms with Crippen LogP contribution in [0.3, 0.4) is 0 Å². The third kappa shape index (κ3) is 4.93. The summed E-state index contributed by atoms with van der Waals surface area (Å²) < 4.78 is 0. The first-order valence-corrected chi connectivity index (χ1v) is 11.7. The van der Waals surface area contributed by atoms with E-state index in [2.05, 4.69) is 53.3 Å². The normalized spacial score (nSPS) is 37.8. The average molecular weight is 386 g/mol. The van der Waals surface area contributed by atoms with Gasteiger partial charge in [-0.05, 0) is 51.7 Å². The molecule has 2 saturated carbocycles. The summed E-state index contributed by atoms with van der Waals surface area (Å²) in [5, 5.41) is 15.5. The number of fused-ring (bicyclic) bond motifs is 4. The van der Waals surface area contributed by atoms with Crippen LogP contribution in [0.2, 0.25) is 0 Å². The molecule has 1 aromatic heterocycles. The molecule has 2 aliphatic carbocycles. The first kappa shape index (κ1) is 20.3. The van der Waals surface area contributed by atoms with Gasteiger partial charge in [-0.15, -0.1) is 0 Å². The van der Waals surface area contributed by atoms with Gasteiger partial charge in [0.15, 0.2) is 0 Å². The Morgan fingerprint density at radius 3 is 1.57 bits per heavy atom. The minimum absolute atomic E-state index is 0.283. The minimum Gasteiger partial charge on any atom is -0.311 e. The molecule has 1 aliphatic heterocycles. The van der Waals surface area contributed by atoms with Gasteiger partial charge in [-0.3, -0.25) is 4.98 Å². The van der Waals surface area contributed by atoms with Crippen molar-refractivity contribution in [1.29, 1.82) is 0 Å². The van der Waals surface area contributed by atoms with E-state index in [9.17, 15) is 0 Å². The number of pyridine rings is 1. The van der Waals surface area contributed by atoms with E-state index in [0.29, 0.717) is 24.2 Å². The van der Waals surface area contributed by atoms with E-state index < -0.39 is 0 Å². The van der Waals surface area contributed by atoms with Crippen LogP contribution in [-0.4, -0.2) is 42.2 Å². The molecule has 3 aliphatic rings. The molecule has 2 heterocycles. The highest BCUT2D eigenvalue weighted by Crippen LogP contribution is 2.24. The molecule has 4 N–H and O–H groups in total. The summed E-state index contributed by atoms with van der Waals surface area (Å²) in [6.45, 7) is 6.66. The van der Waals surface area contributed by atoms with Gasteiger partial charge in [0.25, 0.3) is 0 Å². The zero-order chi connectivity index (χ0) is 19.3. The van der Waals surface area contributed by atoms with E-state index >= 15 is 0 Å². The van der Waals surface area contributed by atoms with Crippen LogP contribution < -0.4 is 21.3 Å². The summed E-state index contributed by atoms with van der Waals surface area (Å²) in [7, 11) is 0. The fraction of sp³-hybridized carbons (Fsp3) is 0.783. The third-order valence-corrected chi connectivity index (χ3v) is 7.08. The standard InChI is InChI=1S/C23H39N5/c1-16-18-12-7-13-19(28-18)17(2)27-23-11-6-4-9-21(23)25-15-14-24-20-8-3-5-10-22(20)26-16/h7,12-13,16-17,20-27H,3-6,8-11,14-15H2,1-2H3/t16-,17-,20+,21+,22-,23-/m0/s1. The van der Waals surface area contributed by atoms with E-state index in [0.717, 1.165) is 13.1 Å². The second kappa shape index (κ2) is 9.66. The van der Waals surface area contributed by atoms with Crippen LogP contribution in [0.5, 0.6) is 0 Å². The fourth-order valence-corrected chi connectivity index (χ4v) is 5.43. The molecule has 0 saturated heterocycles. The number of hydrogen-bond acceptors (Lipinski definition) is 5. The molecule has 2 fully saturated rings. The SMILES string of the molecule is C[C@@H]1N[C@H]2CCCC[C@H]2NCCN[C@@H]2CCCC[C@@H]2N[C@@H](C)c2cccc1n2. The number of rotatable bonds is 0. The smallest absolute Gasteiger partial charge is 0.0574 e. The van der Waals surface area contributed by atoms with Crippen molar-refractivity contribution >= 4 is 0 Å². The molecule has 156 valence electrons. The zero-order valence-corrected chi connectivity index (χ0v) is 17.7. The summed E-state index contributed by atoms with van der Waals surface area (Å²) in [6.07, 6.45) is 10.4. The first-order chi connectivity index (χ1) is 13.7. The summed E-state index contributed by atoms with van der Waals surface area (Å²) in [6, 6.07) is 9.34. The Morgan fingerprint density at radius 1 is 0.679 bits per heavy atom. The average Bonchev–Trinajstić information content (AvgIpc) is 2.73. The lowest BCUT2D eigenvalue weighted by molar-refractivity contribution is 0.254. The maximum absolute atomic E-state index is 5.06. The summed E-state index contributed by atoms with van der Waals surface area (Å²) in [5.74, 6) is 0. The lowest BCUT2D eigenvalue weighted by Crippen LogP contribution is -2.54. The Labute approximate surface area is 170 Å². The molecule has 4 rings (SSSR count). The predicted molar refractivity (Wildman–Crippen MR) is 115 cm³/mol. The largest absolute Gasteiger partial charge is 0.311 e. The maximum Gasteiger partial charge on any atom is 0.0574 e. The zero-order valence-electron chi connectivity index (χ0n) is 17.7. The van der Waals surface area contributed by atoms with Crippen LogP contribution in [0, 0.1) is 0 Å². The van der Waals surface area contributed by atoms with Gasteiger partial charge in [0, 0.05) is 49.3 Å². The minimum atomic E-state index is 0.283. The van der Waals surface area contributed by atoms with Crippen LogP contribution >= 0.6 is 0 Å². The third-order valence-electron chi connectivity index (χ3n) is 7.08. The van der Waals surface area contributed by atoms with Gasteiger partial charge in [-0.2, -0.15) is 0 Å². The second-order valence-corrected chi connectivity index (χ2v) is 9.17. The lowest BCUT2D eigenvalue weighted by atomic mass is 9.89. The van der Waals surface area contributed by atoms with Crippen molar-refractivity contribution in [3.63, 3.8) is 0 Å². The van der Waals surface area contributed by atoms with Crippen molar-refractivity contribution in [2.24, 2.45) is 0 Å². The molecule has 0 aromatic carbocycles. The van der Waals surface area contributed by atoms with Crippen molar-refractivity contribution in [3.8, 4) is 0 Å². The maximum atomic E-state index is 5.06. The van der Waals surface area contributed by atoms with Gasteiger partial charge in [-0.25, -0.2) is 0 Å². The highest BCUT2D eigenvalue weighted by molar-refractivity contribution is 5.17. The molecular weight excluding hydrogens is 346 g/mol. The molecule has 28 heavy (non-hydrogen) atoms. The van der Waals surface area contributed by atoms with E-state index in [-0.39, 0.29) is 12.1 Å². The molecule has 5 heteroatoms. The van der Waals surface area contributed by atoms with E-state index in [1.165, 1.54) is 62.8 Å². The molecule has 0 amide bonds. The molecule has 0 radical (unpaired) electrons. The van der Waals surface area contributed by atoms with Gasteiger partial charge >= 0.3 is 0 Å². The number of aromatic nitrogens is 1. The predicted octanol–water partition coefficient (Wildman–Crippen LogP) is 3.20. The Hall–Kier alpha value is -1.01. The Balaban J connectivity index is 1.56. The summed E-state index contributed by atoms with van der Waals surface area (Å²) >= 11 is 0. The highest BCUT2D eigenvalue weighted by Gasteiger charge is 2.29. The Morgan fingerprint density at radius 2 is 1.11 bits per heavy atom. The van der Waals surface area contributed by atoms with Crippen molar-refractivity contribution in [1.82, 2.24) is 26.3 Å². The van der Waals surface area contributed by atoms with Crippen molar-refractivity contribution in [2.45, 2.75) is 101 Å². The molecule has 6 atom stereocenters. The number of nitrogens with zero attached hydrogens (tertiary/aromatic N) is 1. The highest BCUT2D eigenvalue weighted by atomic mass is 15.1. The van der Waals surface area contributed by atoms with Crippen LogP contribution in [0.1, 0.15) is 88.7 Å². The topological polar surface area (TPSA) is 61.0 Å². The molecule has 2 bridgehead atoms.